The average molecular weight is 269 g/mol. The van der Waals surface area contributed by atoms with Crippen LogP contribution < -0.4 is 10.5 Å². The Morgan fingerprint density at radius 2 is 1.67 bits per heavy atom. The molecule has 0 aliphatic heterocycles. The molecule has 0 aliphatic carbocycles. The molecule has 0 saturated carbocycles. The Hall–Kier alpha value is -1.37. The summed E-state index contributed by atoms with van der Waals surface area (Å²) in [5, 5.41) is 0. The van der Waals surface area contributed by atoms with Crippen LogP contribution in [0.25, 0.3) is 0 Å². The van der Waals surface area contributed by atoms with Gasteiger partial charge >= 0.3 is 12.3 Å². The van der Waals surface area contributed by atoms with Crippen molar-refractivity contribution < 1.29 is 26.7 Å². The van der Waals surface area contributed by atoms with E-state index in [0.29, 0.717) is 13.0 Å². The first-order valence-electron chi connectivity index (χ1n) is 5.19. The summed E-state index contributed by atoms with van der Waals surface area (Å²) < 4.78 is 65.3. The van der Waals surface area contributed by atoms with Crippen molar-refractivity contribution in [3.05, 3.63) is 29.8 Å². The summed E-state index contributed by atoms with van der Waals surface area (Å²) in [6.07, 6.45) is -10.2. The third-order valence-corrected chi connectivity index (χ3v) is 2.19. The Balaban J connectivity index is 2.90. The molecular weight excluding hydrogens is 257 g/mol. The smallest absolute Gasteiger partial charge is 0.425 e. The zero-order valence-corrected chi connectivity index (χ0v) is 9.31. The number of hydrogen-bond acceptors (Lipinski definition) is 2. The van der Waals surface area contributed by atoms with Gasteiger partial charge in [0.15, 0.2) is 0 Å². The van der Waals surface area contributed by atoms with Crippen molar-refractivity contribution in [2.75, 3.05) is 6.54 Å². The lowest BCUT2D eigenvalue weighted by molar-refractivity contribution is -0.360. The fourth-order valence-electron chi connectivity index (χ4n) is 1.30. The molecule has 1 rings (SSSR count). The molecular formula is C11H12F5NO. The van der Waals surface area contributed by atoms with Gasteiger partial charge in [0.2, 0.25) is 0 Å². The fourth-order valence-corrected chi connectivity index (χ4v) is 1.30. The number of alkyl halides is 5. The van der Waals surface area contributed by atoms with E-state index in [9.17, 15) is 22.0 Å². The van der Waals surface area contributed by atoms with Crippen LogP contribution in [0.4, 0.5) is 22.0 Å². The second kappa shape index (κ2) is 5.51. The molecule has 0 radical (unpaired) electrons. The largest absolute Gasteiger partial charge is 0.499 e. The first kappa shape index (κ1) is 14.7. The van der Waals surface area contributed by atoms with Crippen molar-refractivity contribution in [3.8, 4) is 5.75 Å². The van der Waals surface area contributed by atoms with Gasteiger partial charge in [-0.2, -0.15) is 22.0 Å². The number of hydrogen-bond donors (Lipinski definition) is 1. The van der Waals surface area contributed by atoms with Crippen LogP contribution in [-0.2, 0) is 6.42 Å². The molecule has 0 bridgehead atoms. The van der Waals surface area contributed by atoms with Crippen molar-refractivity contribution >= 4 is 0 Å². The van der Waals surface area contributed by atoms with Crippen LogP contribution in [0.5, 0.6) is 5.75 Å². The van der Waals surface area contributed by atoms with Gasteiger partial charge in [-0.05, 0) is 31.0 Å². The van der Waals surface area contributed by atoms with Gasteiger partial charge in [-0.3, -0.25) is 0 Å². The normalized spacial score (nSPS) is 12.6. The number of aryl methyl sites for hydroxylation is 1. The third-order valence-electron chi connectivity index (χ3n) is 2.19. The van der Waals surface area contributed by atoms with Crippen molar-refractivity contribution in [2.45, 2.75) is 25.1 Å². The molecule has 0 heterocycles. The summed E-state index contributed by atoms with van der Waals surface area (Å²) in [5.41, 5.74) is 5.52. The molecule has 102 valence electrons. The molecule has 2 N–H and O–H groups in total. The highest BCUT2D eigenvalue weighted by Crippen LogP contribution is 2.38. The monoisotopic (exact) mass is 269 g/mol. The van der Waals surface area contributed by atoms with Gasteiger partial charge in [0.05, 0.1) is 0 Å². The molecule has 0 spiro atoms. The minimum absolute atomic E-state index is 0.270. The van der Waals surface area contributed by atoms with Crippen LogP contribution >= 0.6 is 0 Å². The SMILES string of the molecule is NCCCc1ccccc1OC(F)(F)C(F)(F)F. The second-order valence-corrected chi connectivity index (χ2v) is 3.62. The molecule has 0 unspecified atom stereocenters. The summed E-state index contributed by atoms with van der Waals surface area (Å²) in [6, 6.07) is 5.36. The summed E-state index contributed by atoms with van der Waals surface area (Å²) in [5.74, 6) is -0.478. The van der Waals surface area contributed by atoms with E-state index < -0.39 is 18.0 Å². The van der Waals surface area contributed by atoms with Crippen LogP contribution in [0.1, 0.15) is 12.0 Å². The first-order chi connectivity index (χ1) is 8.28. The maximum atomic E-state index is 12.7. The van der Waals surface area contributed by atoms with Gasteiger partial charge in [-0.15, -0.1) is 0 Å². The topological polar surface area (TPSA) is 35.2 Å². The molecule has 0 saturated heterocycles. The Kier molecular flexibility index (Phi) is 4.50. The number of ether oxygens (including phenoxy) is 1. The number of halogens is 5. The molecule has 7 heteroatoms. The van der Waals surface area contributed by atoms with Crippen LogP contribution in [-0.4, -0.2) is 18.8 Å². The van der Waals surface area contributed by atoms with Gasteiger partial charge in [-0.25, -0.2) is 0 Å². The highest BCUT2D eigenvalue weighted by atomic mass is 19.4. The summed E-state index contributed by atoms with van der Waals surface area (Å²) in [7, 11) is 0. The van der Waals surface area contributed by atoms with Gasteiger partial charge < -0.3 is 10.5 Å². The fraction of sp³-hybridized carbons (Fsp3) is 0.455. The molecule has 1 aromatic carbocycles. The molecule has 0 aromatic heterocycles. The standard InChI is InChI=1S/C11H12F5NO/c12-10(13,14)11(15,16)18-9-6-2-1-4-8(9)5-3-7-17/h1-2,4,6H,3,5,7,17H2. The van der Waals surface area contributed by atoms with Crippen LogP contribution in [0.15, 0.2) is 24.3 Å². The van der Waals surface area contributed by atoms with Crippen molar-refractivity contribution in [1.29, 1.82) is 0 Å². The molecule has 0 fully saturated rings. The second-order valence-electron chi connectivity index (χ2n) is 3.62. The molecule has 0 amide bonds. The van der Waals surface area contributed by atoms with Crippen LogP contribution in [0.3, 0.4) is 0 Å². The maximum absolute atomic E-state index is 12.7. The highest BCUT2D eigenvalue weighted by Gasteiger charge is 2.61. The van der Waals surface area contributed by atoms with E-state index >= 15 is 0 Å². The van der Waals surface area contributed by atoms with Crippen LogP contribution in [0, 0.1) is 0 Å². The minimum atomic E-state index is -5.74. The van der Waals surface area contributed by atoms with E-state index in [1.165, 1.54) is 18.2 Å². The third kappa shape index (κ3) is 3.56. The Labute approximate surface area is 101 Å². The van der Waals surface area contributed by atoms with Gasteiger partial charge in [0.1, 0.15) is 5.75 Å². The van der Waals surface area contributed by atoms with E-state index in [-0.39, 0.29) is 12.0 Å². The van der Waals surface area contributed by atoms with Crippen molar-refractivity contribution in [2.24, 2.45) is 5.73 Å². The van der Waals surface area contributed by atoms with Crippen molar-refractivity contribution in [3.63, 3.8) is 0 Å². The van der Waals surface area contributed by atoms with Gasteiger partial charge in [0.25, 0.3) is 0 Å². The van der Waals surface area contributed by atoms with E-state index in [2.05, 4.69) is 4.74 Å². The van der Waals surface area contributed by atoms with E-state index in [0.717, 1.165) is 6.07 Å². The van der Waals surface area contributed by atoms with E-state index in [1.807, 2.05) is 0 Å². The zero-order chi connectivity index (χ0) is 13.8. The van der Waals surface area contributed by atoms with E-state index in [1.54, 1.807) is 0 Å². The Morgan fingerprint density at radius 1 is 1.06 bits per heavy atom. The molecule has 2 nitrogen and oxygen atoms in total. The van der Waals surface area contributed by atoms with Gasteiger partial charge in [0, 0.05) is 0 Å². The summed E-state index contributed by atoms with van der Waals surface area (Å²) >= 11 is 0. The molecule has 18 heavy (non-hydrogen) atoms. The highest BCUT2D eigenvalue weighted by molar-refractivity contribution is 5.33. The molecule has 0 atom stereocenters. The number of rotatable bonds is 5. The van der Waals surface area contributed by atoms with E-state index in [4.69, 9.17) is 5.73 Å². The zero-order valence-electron chi connectivity index (χ0n) is 9.31. The number of benzene rings is 1. The summed E-state index contributed by atoms with van der Waals surface area (Å²) in [6.45, 7) is 0.310. The van der Waals surface area contributed by atoms with Gasteiger partial charge in [-0.1, -0.05) is 18.2 Å². The lowest BCUT2D eigenvalue weighted by Crippen LogP contribution is -2.42. The minimum Gasteiger partial charge on any atom is -0.425 e. The average Bonchev–Trinajstić information content (AvgIpc) is 2.26. The predicted molar refractivity (Wildman–Crippen MR) is 55.4 cm³/mol. The van der Waals surface area contributed by atoms with Crippen molar-refractivity contribution in [1.82, 2.24) is 0 Å². The number of nitrogens with two attached hydrogens (primary N) is 1. The Bertz CT molecular complexity index is 391. The number of para-hydroxylation sites is 1. The quantitative estimate of drug-likeness (QED) is 0.833. The summed E-state index contributed by atoms with van der Waals surface area (Å²) in [4.78, 5) is 0. The maximum Gasteiger partial charge on any atom is 0.499 e. The molecule has 1 aromatic rings. The Morgan fingerprint density at radius 3 is 2.22 bits per heavy atom. The first-order valence-corrected chi connectivity index (χ1v) is 5.19. The lowest BCUT2D eigenvalue weighted by atomic mass is 10.1. The predicted octanol–water partition coefficient (Wildman–Crippen LogP) is 3.11. The lowest BCUT2D eigenvalue weighted by Gasteiger charge is -2.21. The molecule has 0 aliphatic rings. The van der Waals surface area contributed by atoms with Crippen LogP contribution in [0.2, 0.25) is 0 Å².